The van der Waals surface area contributed by atoms with Crippen LogP contribution in [0, 0.1) is 13.8 Å². The smallest absolute Gasteiger partial charge is 0.0457 e. The van der Waals surface area contributed by atoms with Gasteiger partial charge < -0.3 is 5.32 Å². The quantitative estimate of drug-likeness (QED) is 0.844. The minimum atomic E-state index is 0.713. The highest BCUT2D eigenvalue weighted by molar-refractivity contribution is 6.31. The molecule has 1 nitrogen and oxygen atoms in total. The van der Waals surface area contributed by atoms with Crippen molar-refractivity contribution in [1.29, 1.82) is 0 Å². The van der Waals surface area contributed by atoms with Crippen LogP contribution in [0.4, 0.5) is 0 Å². The zero-order valence-corrected chi connectivity index (χ0v) is 12.8. The molecule has 1 aliphatic rings. The van der Waals surface area contributed by atoms with Gasteiger partial charge >= 0.3 is 0 Å². The summed E-state index contributed by atoms with van der Waals surface area (Å²) in [6.45, 7) is 5.14. The predicted molar refractivity (Wildman–Crippen MR) is 86.2 cm³/mol. The van der Waals surface area contributed by atoms with Gasteiger partial charge in [-0.25, -0.2) is 0 Å². The van der Waals surface area contributed by atoms with Crippen LogP contribution in [-0.2, 0) is 6.54 Å². The van der Waals surface area contributed by atoms with Crippen molar-refractivity contribution in [2.24, 2.45) is 0 Å². The van der Waals surface area contributed by atoms with Gasteiger partial charge in [0.15, 0.2) is 0 Å². The van der Waals surface area contributed by atoms with E-state index in [9.17, 15) is 0 Å². The third-order valence-electron chi connectivity index (χ3n) is 3.90. The standard InChI is InChI=1S/C18H20ClN/c1-12-3-8-17(13(2)9-12)14-4-5-15(18(19)10-14)11-20-16-6-7-16/h3-5,8-10,16,20H,6-7,11H2,1-2H3. The van der Waals surface area contributed by atoms with Crippen molar-refractivity contribution in [1.82, 2.24) is 5.32 Å². The zero-order chi connectivity index (χ0) is 14.1. The van der Waals surface area contributed by atoms with Gasteiger partial charge in [0.2, 0.25) is 0 Å². The Morgan fingerprint density at radius 3 is 2.55 bits per heavy atom. The summed E-state index contributed by atoms with van der Waals surface area (Å²) in [5, 5.41) is 4.36. The van der Waals surface area contributed by atoms with Crippen molar-refractivity contribution in [3.05, 3.63) is 58.1 Å². The molecule has 0 aromatic heterocycles. The fourth-order valence-electron chi connectivity index (χ4n) is 2.54. The summed E-state index contributed by atoms with van der Waals surface area (Å²) in [4.78, 5) is 0. The van der Waals surface area contributed by atoms with E-state index in [4.69, 9.17) is 11.6 Å². The molecule has 2 aromatic carbocycles. The van der Waals surface area contributed by atoms with Crippen molar-refractivity contribution in [3.8, 4) is 11.1 Å². The summed E-state index contributed by atoms with van der Waals surface area (Å²) in [6.07, 6.45) is 2.61. The second kappa shape index (κ2) is 5.59. The SMILES string of the molecule is Cc1ccc(-c2ccc(CNC3CC3)c(Cl)c2)c(C)c1. The van der Waals surface area contributed by atoms with Gasteiger partial charge in [-0.15, -0.1) is 0 Å². The summed E-state index contributed by atoms with van der Waals surface area (Å²) < 4.78 is 0. The van der Waals surface area contributed by atoms with Crippen LogP contribution in [0.5, 0.6) is 0 Å². The van der Waals surface area contributed by atoms with Gasteiger partial charge in [0.05, 0.1) is 0 Å². The molecule has 0 radical (unpaired) electrons. The Labute approximate surface area is 126 Å². The van der Waals surface area contributed by atoms with Crippen LogP contribution in [0.25, 0.3) is 11.1 Å². The fourth-order valence-corrected chi connectivity index (χ4v) is 2.78. The Morgan fingerprint density at radius 1 is 1.10 bits per heavy atom. The van der Waals surface area contributed by atoms with Gasteiger partial charge in [-0.3, -0.25) is 0 Å². The summed E-state index contributed by atoms with van der Waals surface area (Å²) >= 11 is 6.43. The lowest BCUT2D eigenvalue weighted by Gasteiger charge is -2.11. The molecule has 3 rings (SSSR count). The zero-order valence-electron chi connectivity index (χ0n) is 12.0. The van der Waals surface area contributed by atoms with Gasteiger partial charge in [-0.2, -0.15) is 0 Å². The molecule has 20 heavy (non-hydrogen) atoms. The van der Waals surface area contributed by atoms with Crippen molar-refractivity contribution in [3.63, 3.8) is 0 Å². The molecule has 1 N–H and O–H groups in total. The first-order valence-corrected chi connectivity index (χ1v) is 7.61. The van der Waals surface area contributed by atoms with Crippen LogP contribution in [0.1, 0.15) is 29.5 Å². The van der Waals surface area contributed by atoms with Gasteiger partial charge in [0.25, 0.3) is 0 Å². The van der Waals surface area contributed by atoms with Gasteiger partial charge in [-0.1, -0.05) is 47.5 Å². The molecule has 0 aliphatic heterocycles. The van der Waals surface area contributed by atoms with Gasteiger partial charge in [0.1, 0.15) is 0 Å². The number of aryl methyl sites for hydroxylation is 2. The van der Waals surface area contributed by atoms with Crippen molar-refractivity contribution in [2.45, 2.75) is 39.3 Å². The summed E-state index contributed by atoms with van der Waals surface area (Å²) in [6, 6.07) is 13.7. The first kappa shape index (κ1) is 13.7. The van der Waals surface area contributed by atoms with E-state index in [0.717, 1.165) is 11.6 Å². The molecule has 0 spiro atoms. The minimum Gasteiger partial charge on any atom is -0.310 e. The average molecular weight is 286 g/mol. The van der Waals surface area contributed by atoms with E-state index in [1.807, 2.05) is 0 Å². The minimum absolute atomic E-state index is 0.713. The van der Waals surface area contributed by atoms with Crippen LogP contribution in [0.2, 0.25) is 5.02 Å². The molecule has 104 valence electrons. The van der Waals surface area contributed by atoms with Crippen LogP contribution < -0.4 is 5.32 Å². The van der Waals surface area contributed by atoms with E-state index < -0.39 is 0 Å². The average Bonchev–Trinajstić information content (AvgIpc) is 3.21. The molecule has 1 aliphatic carbocycles. The number of benzene rings is 2. The highest BCUT2D eigenvalue weighted by Crippen LogP contribution is 2.29. The van der Waals surface area contributed by atoms with Crippen molar-refractivity contribution < 1.29 is 0 Å². The van der Waals surface area contributed by atoms with E-state index in [1.165, 1.54) is 40.7 Å². The predicted octanol–water partition coefficient (Wildman–Crippen LogP) is 4.88. The van der Waals surface area contributed by atoms with Crippen LogP contribution >= 0.6 is 11.6 Å². The van der Waals surface area contributed by atoms with E-state index in [0.29, 0.717) is 6.04 Å². The maximum absolute atomic E-state index is 6.43. The fraction of sp³-hybridized carbons (Fsp3) is 0.333. The molecule has 2 aromatic rings. The van der Waals surface area contributed by atoms with E-state index in [2.05, 4.69) is 55.6 Å². The first-order valence-electron chi connectivity index (χ1n) is 7.23. The molecule has 0 bridgehead atoms. The Hall–Kier alpha value is -1.31. The topological polar surface area (TPSA) is 12.0 Å². The second-order valence-corrected chi connectivity index (χ2v) is 6.19. The Balaban J connectivity index is 1.84. The van der Waals surface area contributed by atoms with E-state index in [1.54, 1.807) is 0 Å². The van der Waals surface area contributed by atoms with Crippen molar-refractivity contribution in [2.75, 3.05) is 0 Å². The summed E-state index contributed by atoms with van der Waals surface area (Å²) in [5.41, 5.74) is 6.24. The molecule has 0 unspecified atom stereocenters. The molecular formula is C18H20ClN. The lowest BCUT2D eigenvalue weighted by Crippen LogP contribution is -2.15. The molecule has 0 saturated heterocycles. The Kier molecular flexibility index (Phi) is 3.82. The highest BCUT2D eigenvalue weighted by Gasteiger charge is 2.20. The number of rotatable bonds is 4. The lowest BCUT2D eigenvalue weighted by atomic mass is 9.98. The first-order chi connectivity index (χ1) is 9.63. The third kappa shape index (κ3) is 3.05. The Morgan fingerprint density at radius 2 is 1.90 bits per heavy atom. The molecule has 0 atom stereocenters. The number of nitrogens with one attached hydrogen (secondary N) is 1. The van der Waals surface area contributed by atoms with Crippen molar-refractivity contribution >= 4 is 11.6 Å². The maximum Gasteiger partial charge on any atom is 0.0457 e. The van der Waals surface area contributed by atoms with E-state index in [-0.39, 0.29) is 0 Å². The van der Waals surface area contributed by atoms with Gasteiger partial charge in [-0.05, 0) is 55.0 Å². The van der Waals surface area contributed by atoms with E-state index >= 15 is 0 Å². The lowest BCUT2D eigenvalue weighted by molar-refractivity contribution is 0.688. The largest absolute Gasteiger partial charge is 0.310 e. The molecule has 1 fully saturated rings. The van der Waals surface area contributed by atoms with Gasteiger partial charge in [0, 0.05) is 17.6 Å². The monoisotopic (exact) mass is 285 g/mol. The number of hydrogen-bond acceptors (Lipinski definition) is 1. The Bertz CT molecular complexity index is 629. The second-order valence-electron chi connectivity index (χ2n) is 5.78. The van der Waals surface area contributed by atoms with Crippen LogP contribution in [-0.4, -0.2) is 6.04 Å². The molecule has 2 heteroatoms. The highest BCUT2D eigenvalue weighted by atomic mass is 35.5. The maximum atomic E-state index is 6.43. The molecular weight excluding hydrogens is 266 g/mol. The van der Waals surface area contributed by atoms with Crippen LogP contribution in [0.15, 0.2) is 36.4 Å². The normalized spacial score (nSPS) is 14.6. The molecule has 0 heterocycles. The molecule has 0 amide bonds. The summed E-state index contributed by atoms with van der Waals surface area (Å²) in [7, 11) is 0. The summed E-state index contributed by atoms with van der Waals surface area (Å²) in [5.74, 6) is 0. The number of halogens is 1. The number of hydrogen-bond donors (Lipinski definition) is 1. The van der Waals surface area contributed by atoms with Crippen LogP contribution in [0.3, 0.4) is 0 Å². The third-order valence-corrected chi connectivity index (χ3v) is 4.26. The molecule has 1 saturated carbocycles.